The third-order valence-electron chi connectivity index (χ3n) is 3.52. The van der Waals surface area contributed by atoms with Crippen LogP contribution in [0.15, 0.2) is 24.3 Å². The number of hydrogen-bond acceptors (Lipinski definition) is 5. The molecule has 7 heteroatoms. The van der Waals surface area contributed by atoms with Gasteiger partial charge in [0.25, 0.3) is 0 Å². The first kappa shape index (κ1) is 13.9. The van der Waals surface area contributed by atoms with Crippen molar-refractivity contribution in [1.29, 1.82) is 0 Å². The third kappa shape index (κ3) is 3.02. The molecule has 1 atom stereocenters. The topological polar surface area (TPSA) is 66.3 Å². The van der Waals surface area contributed by atoms with Gasteiger partial charge in [0, 0.05) is 24.5 Å². The lowest BCUT2D eigenvalue weighted by molar-refractivity contribution is -0.138. The van der Waals surface area contributed by atoms with Gasteiger partial charge in [-0.05, 0) is 30.5 Å². The fourth-order valence-electron chi connectivity index (χ4n) is 2.47. The number of halogens is 1. The minimum atomic E-state index is -0.817. The number of carbonyl (C=O) groups is 1. The number of aliphatic carboxylic acids is 1. The maximum Gasteiger partial charge on any atom is 0.326 e. The maximum absolute atomic E-state index is 12.9. The molecule has 1 fully saturated rings. The summed E-state index contributed by atoms with van der Waals surface area (Å²) in [5, 5.41) is 9.84. The number of benzene rings is 1. The molecule has 1 aliphatic heterocycles. The molecule has 2 aromatic rings. The van der Waals surface area contributed by atoms with E-state index in [1.807, 2.05) is 0 Å². The zero-order chi connectivity index (χ0) is 14.8. The van der Waals surface area contributed by atoms with Crippen LogP contribution in [0.5, 0.6) is 0 Å². The van der Waals surface area contributed by atoms with Crippen molar-refractivity contribution in [2.75, 3.05) is 11.4 Å². The SMILES string of the molecule is O=C(O)C1CCCN1c1nc(Cc2ccc(F)cc2)ns1. The number of carboxylic acids is 1. The first-order valence-electron chi connectivity index (χ1n) is 6.70. The highest BCUT2D eigenvalue weighted by atomic mass is 32.1. The largest absolute Gasteiger partial charge is 0.480 e. The van der Waals surface area contributed by atoms with Crippen molar-refractivity contribution in [1.82, 2.24) is 9.36 Å². The van der Waals surface area contributed by atoms with Gasteiger partial charge >= 0.3 is 5.97 Å². The van der Waals surface area contributed by atoms with Crippen LogP contribution in [-0.2, 0) is 11.2 Å². The van der Waals surface area contributed by atoms with E-state index in [0.29, 0.717) is 30.3 Å². The molecule has 0 spiro atoms. The Morgan fingerprint density at radius 3 is 2.90 bits per heavy atom. The third-order valence-corrected chi connectivity index (χ3v) is 4.31. The molecule has 1 aromatic carbocycles. The lowest BCUT2D eigenvalue weighted by atomic mass is 10.1. The van der Waals surface area contributed by atoms with Gasteiger partial charge in [0.2, 0.25) is 5.13 Å². The van der Waals surface area contributed by atoms with Crippen molar-refractivity contribution >= 4 is 22.6 Å². The Morgan fingerprint density at radius 2 is 2.19 bits per heavy atom. The number of rotatable bonds is 4. The van der Waals surface area contributed by atoms with E-state index in [0.717, 1.165) is 12.0 Å². The molecule has 0 radical (unpaired) electrons. The highest BCUT2D eigenvalue weighted by Crippen LogP contribution is 2.27. The summed E-state index contributed by atoms with van der Waals surface area (Å²) < 4.78 is 17.1. The highest BCUT2D eigenvalue weighted by molar-refractivity contribution is 7.09. The summed E-state index contributed by atoms with van der Waals surface area (Å²) in [7, 11) is 0. The fourth-order valence-corrected chi connectivity index (χ4v) is 3.23. The zero-order valence-corrected chi connectivity index (χ0v) is 12.0. The highest BCUT2D eigenvalue weighted by Gasteiger charge is 2.32. The van der Waals surface area contributed by atoms with Crippen molar-refractivity contribution in [2.45, 2.75) is 25.3 Å². The Labute approximate surface area is 125 Å². The maximum atomic E-state index is 12.9. The normalized spacial score (nSPS) is 18.1. The van der Waals surface area contributed by atoms with Gasteiger partial charge < -0.3 is 10.0 Å². The molecular formula is C14H14FN3O2S. The van der Waals surface area contributed by atoms with Crippen LogP contribution in [0.3, 0.4) is 0 Å². The van der Waals surface area contributed by atoms with Crippen LogP contribution >= 0.6 is 11.5 Å². The predicted octanol–water partition coefficient (Wildman–Crippen LogP) is 2.32. The van der Waals surface area contributed by atoms with Crippen LogP contribution in [0.25, 0.3) is 0 Å². The molecule has 2 heterocycles. The Kier molecular flexibility index (Phi) is 3.83. The second-order valence-electron chi connectivity index (χ2n) is 4.99. The van der Waals surface area contributed by atoms with E-state index >= 15 is 0 Å². The molecule has 110 valence electrons. The second-order valence-corrected chi connectivity index (χ2v) is 5.72. The summed E-state index contributed by atoms with van der Waals surface area (Å²) in [6, 6.07) is 5.71. The van der Waals surface area contributed by atoms with E-state index in [4.69, 9.17) is 0 Å². The molecule has 1 aromatic heterocycles. The summed E-state index contributed by atoms with van der Waals surface area (Å²) in [6.07, 6.45) is 2.01. The van der Waals surface area contributed by atoms with E-state index in [9.17, 15) is 14.3 Å². The molecule has 21 heavy (non-hydrogen) atoms. The van der Waals surface area contributed by atoms with Gasteiger partial charge in [0.05, 0.1) is 0 Å². The van der Waals surface area contributed by atoms with E-state index < -0.39 is 12.0 Å². The first-order chi connectivity index (χ1) is 10.1. The summed E-state index contributed by atoms with van der Waals surface area (Å²) in [5.41, 5.74) is 0.928. The van der Waals surface area contributed by atoms with Gasteiger partial charge in [-0.2, -0.15) is 4.37 Å². The summed E-state index contributed by atoms with van der Waals surface area (Å²) in [4.78, 5) is 17.4. The molecule has 0 bridgehead atoms. The molecular weight excluding hydrogens is 293 g/mol. The van der Waals surface area contributed by atoms with Crippen LogP contribution < -0.4 is 4.90 Å². The quantitative estimate of drug-likeness (QED) is 0.939. The lowest BCUT2D eigenvalue weighted by Crippen LogP contribution is -2.35. The van der Waals surface area contributed by atoms with Gasteiger partial charge in [-0.3, -0.25) is 0 Å². The number of anilines is 1. The zero-order valence-electron chi connectivity index (χ0n) is 11.2. The van der Waals surface area contributed by atoms with Gasteiger partial charge in [0.1, 0.15) is 17.7 Å². The van der Waals surface area contributed by atoms with Crippen LogP contribution in [0.4, 0.5) is 9.52 Å². The average Bonchev–Trinajstić information content (AvgIpc) is 3.09. The molecule has 1 N–H and O–H groups in total. The smallest absolute Gasteiger partial charge is 0.326 e. The Morgan fingerprint density at radius 1 is 1.43 bits per heavy atom. The Balaban J connectivity index is 1.74. The first-order valence-corrected chi connectivity index (χ1v) is 7.47. The number of hydrogen-bond donors (Lipinski definition) is 1. The lowest BCUT2D eigenvalue weighted by Gasteiger charge is -2.19. The monoisotopic (exact) mass is 307 g/mol. The molecule has 1 saturated heterocycles. The van der Waals surface area contributed by atoms with Gasteiger partial charge in [-0.25, -0.2) is 14.2 Å². The van der Waals surface area contributed by atoms with Crippen LogP contribution in [0.2, 0.25) is 0 Å². The number of carboxylic acid groups (broad SMARTS) is 1. The van der Waals surface area contributed by atoms with E-state index in [1.54, 1.807) is 17.0 Å². The van der Waals surface area contributed by atoms with E-state index in [1.165, 1.54) is 23.7 Å². The van der Waals surface area contributed by atoms with Crippen molar-refractivity contribution in [3.05, 3.63) is 41.5 Å². The Hall–Kier alpha value is -2.02. The number of nitrogens with zero attached hydrogens (tertiary/aromatic N) is 3. The molecule has 0 amide bonds. The standard InChI is InChI=1S/C14H14FN3O2S/c15-10-5-3-9(4-6-10)8-12-16-14(21-17-12)18-7-1-2-11(18)13(19)20/h3-6,11H,1-2,7-8H2,(H,19,20). The van der Waals surface area contributed by atoms with Crippen molar-refractivity contribution in [2.24, 2.45) is 0 Å². The minimum absolute atomic E-state index is 0.271. The average molecular weight is 307 g/mol. The van der Waals surface area contributed by atoms with E-state index in [-0.39, 0.29) is 5.82 Å². The molecule has 3 rings (SSSR count). The summed E-state index contributed by atoms with van der Waals surface area (Å²) >= 11 is 1.22. The minimum Gasteiger partial charge on any atom is -0.480 e. The molecule has 1 unspecified atom stereocenters. The molecule has 1 aliphatic rings. The van der Waals surface area contributed by atoms with Crippen LogP contribution in [-0.4, -0.2) is 33.0 Å². The number of aromatic nitrogens is 2. The van der Waals surface area contributed by atoms with Gasteiger partial charge in [-0.15, -0.1) is 0 Å². The second kappa shape index (κ2) is 5.77. The van der Waals surface area contributed by atoms with Crippen LogP contribution in [0, 0.1) is 5.82 Å². The molecule has 0 aliphatic carbocycles. The van der Waals surface area contributed by atoms with Crippen molar-refractivity contribution in [3.8, 4) is 0 Å². The molecule has 0 saturated carbocycles. The molecule has 5 nitrogen and oxygen atoms in total. The summed E-state index contributed by atoms with van der Waals surface area (Å²) in [5.74, 6) is -0.451. The van der Waals surface area contributed by atoms with Crippen molar-refractivity contribution < 1.29 is 14.3 Å². The predicted molar refractivity (Wildman–Crippen MR) is 77.1 cm³/mol. The summed E-state index contributed by atoms with van der Waals surface area (Å²) in [6.45, 7) is 0.697. The van der Waals surface area contributed by atoms with Gasteiger partial charge in [-0.1, -0.05) is 12.1 Å². The van der Waals surface area contributed by atoms with Crippen molar-refractivity contribution in [3.63, 3.8) is 0 Å². The van der Waals surface area contributed by atoms with E-state index in [2.05, 4.69) is 9.36 Å². The fraction of sp³-hybridized carbons (Fsp3) is 0.357. The van der Waals surface area contributed by atoms with Gasteiger partial charge in [0.15, 0.2) is 0 Å². The van der Waals surface area contributed by atoms with Crippen LogP contribution in [0.1, 0.15) is 24.2 Å². The Bertz CT molecular complexity index is 644.